The number of carbonyl (C=O) groups is 2. The highest BCUT2D eigenvalue weighted by Gasteiger charge is 2.46. The maximum atomic E-state index is 13.1. The second kappa shape index (κ2) is 7.23. The third-order valence-electron chi connectivity index (χ3n) is 4.99. The van der Waals surface area contributed by atoms with Gasteiger partial charge in [0.1, 0.15) is 0 Å². The molecule has 1 atom stereocenters. The van der Waals surface area contributed by atoms with Crippen LogP contribution in [0.3, 0.4) is 0 Å². The first-order valence-electron chi connectivity index (χ1n) is 9.44. The minimum atomic E-state index is -0.730. The van der Waals surface area contributed by atoms with E-state index >= 15 is 0 Å². The summed E-state index contributed by atoms with van der Waals surface area (Å²) in [6.07, 6.45) is 3.24. The van der Waals surface area contributed by atoms with Crippen LogP contribution in [0.15, 0.2) is 60.1 Å². The highest BCUT2D eigenvalue weighted by atomic mass is 16.3. The fourth-order valence-electron chi connectivity index (χ4n) is 3.39. The maximum Gasteiger partial charge on any atom is 0.294 e. The van der Waals surface area contributed by atoms with E-state index in [0.717, 1.165) is 11.1 Å². The molecule has 0 saturated heterocycles. The van der Waals surface area contributed by atoms with Gasteiger partial charge in [-0.2, -0.15) is 0 Å². The Morgan fingerprint density at radius 2 is 1.64 bits per heavy atom. The van der Waals surface area contributed by atoms with Gasteiger partial charge in [-0.15, -0.1) is 0 Å². The number of Topliss-reactive ketones (excluding diaryl/α,β-unsaturated/α-hetero) is 1. The summed E-state index contributed by atoms with van der Waals surface area (Å²) in [7, 11) is 0. The Kier molecular flexibility index (Phi) is 5.11. The number of aliphatic hydroxyl groups excluding tert-OH is 1. The quantitative estimate of drug-likeness (QED) is 0.836. The van der Waals surface area contributed by atoms with Gasteiger partial charge in [-0.05, 0) is 41.3 Å². The van der Waals surface area contributed by atoms with Crippen LogP contribution in [0.25, 0.3) is 0 Å². The molecule has 1 aliphatic heterocycles. The molecule has 1 aromatic heterocycles. The zero-order valence-electron chi connectivity index (χ0n) is 16.9. The van der Waals surface area contributed by atoms with Crippen molar-refractivity contribution in [2.75, 3.05) is 4.90 Å². The van der Waals surface area contributed by atoms with E-state index in [4.69, 9.17) is 0 Å². The van der Waals surface area contributed by atoms with E-state index in [-0.39, 0.29) is 11.4 Å². The van der Waals surface area contributed by atoms with Gasteiger partial charge in [0.05, 0.1) is 11.6 Å². The van der Waals surface area contributed by atoms with Gasteiger partial charge < -0.3 is 5.11 Å². The van der Waals surface area contributed by atoms with E-state index < -0.39 is 23.1 Å². The Labute approximate surface area is 165 Å². The fraction of sp³-hybridized carbons (Fsp3) is 0.348. The molecular formula is C23H26N2O3. The van der Waals surface area contributed by atoms with E-state index in [1.807, 2.05) is 24.3 Å². The molecule has 0 saturated carbocycles. The lowest BCUT2D eigenvalue weighted by Gasteiger charge is -2.29. The molecular weight excluding hydrogens is 352 g/mol. The number of pyridine rings is 1. The molecule has 0 aliphatic carbocycles. The lowest BCUT2D eigenvalue weighted by atomic mass is 9.82. The summed E-state index contributed by atoms with van der Waals surface area (Å²) in [5.41, 5.74) is 1.93. The van der Waals surface area contributed by atoms with Gasteiger partial charge in [0.25, 0.3) is 5.91 Å². The number of amides is 1. The normalized spacial score (nSPS) is 17.6. The average Bonchev–Trinajstić information content (AvgIpc) is 2.92. The van der Waals surface area contributed by atoms with E-state index in [9.17, 15) is 14.7 Å². The first-order valence-corrected chi connectivity index (χ1v) is 9.44. The Morgan fingerprint density at radius 1 is 1.07 bits per heavy atom. The van der Waals surface area contributed by atoms with E-state index in [1.54, 1.807) is 45.3 Å². The monoisotopic (exact) mass is 378 g/mol. The van der Waals surface area contributed by atoms with Gasteiger partial charge in [0.2, 0.25) is 0 Å². The molecule has 146 valence electrons. The first kappa shape index (κ1) is 19.8. The Balaban J connectivity index is 2.15. The minimum Gasteiger partial charge on any atom is -0.503 e. The molecule has 0 bridgehead atoms. The molecule has 5 heteroatoms. The van der Waals surface area contributed by atoms with Crippen molar-refractivity contribution in [1.29, 1.82) is 0 Å². The van der Waals surface area contributed by atoms with Crippen molar-refractivity contribution >= 4 is 17.4 Å². The molecule has 1 aromatic carbocycles. The predicted octanol–water partition coefficient (Wildman–Crippen LogP) is 4.72. The van der Waals surface area contributed by atoms with Gasteiger partial charge in [-0.1, -0.05) is 46.8 Å². The van der Waals surface area contributed by atoms with Crippen molar-refractivity contribution in [3.63, 3.8) is 0 Å². The lowest BCUT2D eigenvalue weighted by Crippen LogP contribution is -2.32. The number of aliphatic hydroxyl groups is 1. The number of rotatable bonds is 4. The zero-order chi connectivity index (χ0) is 20.6. The molecule has 1 unspecified atom stereocenters. The SMILES string of the molecule is CC(C)c1ccc(N2C(=O)C(O)=C(C(=O)C(C)(C)C)C2c2ccncc2)cc1. The molecule has 0 spiro atoms. The van der Waals surface area contributed by atoms with Crippen LogP contribution >= 0.6 is 0 Å². The van der Waals surface area contributed by atoms with Crippen LogP contribution in [0.2, 0.25) is 0 Å². The van der Waals surface area contributed by atoms with Gasteiger partial charge in [-0.3, -0.25) is 19.5 Å². The van der Waals surface area contributed by atoms with Crippen molar-refractivity contribution in [3.8, 4) is 0 Å². The molecule has 5 nitrogen and oxygen atoms in total. The largest absolute Gasteiger partial charge is 0.503 e. The second-order valence-corrected chi connectivity index (χ2v) is 8.45. The number of hydrogen-bond donors (Lipinski definition) is 1. The van der Waals surface area contributed by atoms with Gasteiger partial charge >= 0.3 is 0 Å². The Bertz CT molecular complexity index is 923. The summed E-state index contributed by atoms with van der Waals surface area (Å²) in [4.78, 5) is 31.6. The molecule has 0 radical (unpaired) electrons. The number of benzene rings is 1. The van der Waals surface area contributed by atoms with Crippen LogP contribution < -0.4 is 4.90 Å². The second-order valence-electron chi connectivity index (χ2n) is 8.45. The molecule has 1 aliphatic rings. The molecule has 2 aromatic rings. The molecule has 0 fully saturated rings. The van der Waals surface area contributed by atoms with Crippen molar-refractivity contribution < 1.29 is 14.7 Å². The Morgan fingerprint density at radius 3 is 2.14 bits per heavy atom. The summed E-state index contributed by atoms with van der Waals surface area (Å²) in [5.74, 6) is -0.924. The molecule has 28 heavy (non-hydrogen) atoms. The van der Waals surface area contributed by atoms with Crippen molar-refractivity contribution in [2.24, 2.45) is 5.41 Å². The average molecular weight is 378 g/mol. The molecule has 1 N–H and O–H groups in total. The van der Waals surface area contributed by atoms with E-state index in [1.165, 1.54) is 4.90 Å². The predicted molar refractivity (Wildman–Crippen MR) is 109 cm³/mol. The maximum absolute atomic E-state index is 13.1. The van der Waals surface area contributed by atoms with Crippen molar-refractivity contribution in [2.45, 2.75) is 46.6 Å². The molecule has 1 amide bonds. The minimum absolute atomic E-state index is 0.136. The Hall–Kier alpha value is -2.95. The highest BCUT2D eigenvalue weighted by Crippen LogP contribution is 2.43. The number of anilines is 1. The zero-order valence-corrected chi connectivity index (χ0v) is 16.9. The highest BCUT2D eigenvalue weighted by molar-refractivity contribution is 6.17. The van der Waals surface area contributed by atoms with Crippen LogP contribution in [0.4, 0.5) is 5.69 Å². The summed E-state index contributed by atoms with van der Waals surface area (Å²) in [6, 6.07) is 10.5. The third-order valence-corrected chi connectivity index (χ3v) is 4.99. The van der Waals surface area contributed by atoms with Crippen LogP contribution in [0, 0.1) is 5.41 Å². The summed E-state index contributed by atoms with van der Waals surface area (Å²) < 4.78 is 0. The lowest BCUT2D eigenvalue weighted by molar-refractivity contribution is -0.123. The van der Waals surface area contributed by atoms with E-state index in [2.05, 4.69) is 18.8 Å². The van der Waals surface area contributed by atoms with Crippen LogP contribution in [0.5, 0.6) is 0 Å². The smallest absolute Gasteiger partial charge is 0.294 e. The first-order chi connectivity index (χ1) is 13.1. The van der Waals surface area contributed by atoms with Crippen LogP contribution in [-0.4, -0.2) is 21.8 Å². The topological polar surface area (TPSA) is 70.5 Å². The van der Waals surface area contributed by atoms with Crippen molar-refractivity contribution in [1.82, 2.24) is 4.98 Å². The number of aromatic nitrogens is 1. The molecule has 3 rings (SSSR count). The van der Waals surface area contributed by atoms with Crippen molar-refractivity contribution in [3.05, 3.63) is 71.3 Å². The summed E-state index contributed by atoms with van der Waals surface area (Å²) in [5, 5.41) is 10.6. The summed E-state index contributed by atoms with van der Waals surface area (Å²) in [6.45, 7) is 9.55. The van der Waals surface area contributed by atoms with Gasteiger partial charge in [-0.25, -0.2) is 0 Å². The van der Waals surface area contributed by atoms with Gasteiger partial charge in [0, 0.05) is 23.5 Å². The number of hydrogen-bond acceptors (Lipinski definition) is 4. The number of nitrogens with zero attached hydrogens (tertiary/aromatic N) is 2. The van der Waals surface area contributed by atoms with E-state index in [0.29, 0.717) is 11.6 Å². The molecule has 2 heterocycles. The number of ketones is 1. The third kappa shape index (κ3) is 3.44. The fourth-order valence-corrected chi connectivity index (χ4v) is 3.39. The van der Waals surface area contributed by atoms with Crippen LogP contribution in [0.1, 0.15) is 57.7 Å². The van der Waals surface area contributed by atoms with Crippen LogP contribution in [-0.2, 0) is 9.59 Å². The standard InChI is InChI=1S/C23H26N2O3/c1-14(2)15-6-8-17(9-7-15)25-19(16-10-12-24-13-11-16)18(20(26)22(25)28)21(27)23(3,4)5/h6-14,19,26H,1-5H3. The summed E-state index contributed by atoms with van der Waals surface area (Å²) >= 11 is 0. The van der Waals surface area contributed by atoms with Gasteiger partial charge in [0.15, 0.2) is 11.5 Å². The number of carbonyl (C=O) groups excluding carboxylic acids is 2.